The van der Waals surface area contributed by atoms with Crippen LogP contribution in [0.2, 0.25) is 5.02 Å². The summed E-state index contributed by atoms with van der Waals surface area (Å²) in [6, 6.07) is 13.2. The Balaban J connectivity index is 1.76. The number of hydrogen-bond donors (Lipinski definition) is 0. The van der Waals surface area contributed by atoms with Crippen molar-refractivity contribution in [2.75, 3.05) is 7.11 Å². The number of allylic oxidation sites excluding steroid dienone is 1. The number of carbonyl (C=O) groups excluding carboxylic acids is 1. The maximum atomic E-state index is 12.3. The quantitative estimate of drug-likeness (QED) is 0.353. The minimum absolute atomic E-state index is 0.229. The van der Waals surface area contributed by atoms with E-state index in [9.17, 15) is 4.79 Å². The maximum Gasteiger partial charge on any atom is 0.207 e. The summed E-state index contributed by atoms with van der Waals surface area (Å²) in [6.45, 7) is 0.335. The van der Waals surface area contributed by atoms with Gasteiger partial charge in [0.25, 0.3) is 0 Å². The maximum absolute atomic E-state index is 12.3. The number of halogens is 2. The molecule has 0 aliphatic heterocycles. The monoisotopic (exact) mass is 460 g/mol. The van der Waals surface area contributed by atoms with Crippen LogP contribution in [-0.4, -0.2) is 22.7 Å². The Kier molecular flexibility index (Phi) is 6.54. The zero-order chi connectivity index (χ0) is 20.1. The number of aryl methyl sites for hydroxylation is 1. The summed E-state index contributed by atoms with van der Waals surface area (Å²) in [5.74, 6) is 1.21. The number of benzene rings is 2. The van der Waals surface area contributed by atoms with Gasteiger partial charge in [-0.1, -0.05) is 45.7 Å². The van der Waals surface area contributed by atoms with Crippen LogP contribution < -0.4 is 9.47 Å². The van der Waals surface area contributed by atoms with Gasteiger partial charge in [-0.05, 0) is 42.0 Å². The van der Waals surface area contributed by atoms with E-state index in [0.29, 0.717) is 17.4 Å². The second kappa shape index (κ2) is 9.08. The number of ether oxygens (including phenoxy) is 2. The fourth-order valence-corrected chi connectivity index (χ4v) is 3.26. The third-order valence-electron chi connectivity index (χ3n) is 3.94. The molecule has 2 aromatic carbocycles. The van der Waals surface area contributed by atoms with E-state index in [-0.39, 0.29) is 11.5 Å². The molecule has 0 aliphatic carbocycles. The van der Waals surface area contributed by atoms with E-state index in [1.807, 2.05) is 42.5 Å². The van der Waals surface area contributed by atoms with Crippen LogP contribution >= 0.6 is 27.5 Å². The van der Waals surface area contributed by atoms with Gasteiger partial charge in [0.1, 0.15) is 18.1 Å². The lowest BCUT2D eigenvalue weighted by Gasteiger charge is -2.11. The van der Waals surface area contributed by atoms with Gasteiger partial charge in [0.15, 0.2) is 5.69 Å². The van der Waals surface area contributed by atoms with Crippen LogP contribution in [-0.2, 0) is 13.7 Å². The second-order valence-electron chi connectivity index (χ2n) is 6.01. The summed E-state index contributed by atoms with van der Waals surface area (Å²) >= 11 is 9.45. The number of aromatic nitrogens is 2. The Hall–Kier alpha value is -2.57. The summed E-state index contributed by atoms with van der Waals surface area (Å²) in [5.41, 5.74) is 1.94. The topological polar surface area (TPSA) is 53.3 Å². The van der Waals surface area contributed by atoms with E-state index in [2.05, 4.69) is 21.0 Å². The predicted octanol–water partition coefficient (Wildman–Crippen LogP) is 5.32. The van der Waals surface area contributed by atoms with Gasteiger partial charge < -0.3 is 9.47 Å². The zero-order valence-corrected chi connectivity index (χ0v) is 17.7. The molecule has 0 spiro atoms. The van der Waals surface area contributed by atoms with E-state index in [1.54, 1.807) is 26.4 Å². The number of nitrogens with zero attached hydrogens (tertiary/aromatic N) is 2. The zero-order valence-electron chi connectivity index (χ0n) is 15.4. The van der Waals surface area contributed by atoms with Gasteiger partial charge in [0.05, 0.1) is 12.1 Å². The highest BCUT2D eigenvalue weighted by Crippen LogP contribution is 2.24. The molecule has 1 aromatic heterocycles. The average Bonchev–Trinajstić information content (AvgIpc) is 3.02. The van der Waals surface area contributed by atoms with Crippen LogP contribution in [0.25, 0.3) is 6.08 Å². The number of carbonyl (C=O) groups is 1. The van der Waals surface area contributed by atoms with E-state index in [0.717, 1.165) is 21.3 Å². The third-order valence-corrected chi connectivity index (χ3v) is 4.71. The molecule has 0 N–H and O–H groups in total. The second-order valence-corrected chi connectivity index (χ2v) is 7.34. The van der Waals surface area contributed by atoms with Crippen molar-refractivity contribution < 1.29 is 14.3 Å². The van der Waals surface area contributed by atoms with Crippen molar-refractivity contribution >= 4 is 39.4 Å². The van der Waals surface area contributed by atoms with E-state index < -0.39 is 0 Å². The average molecular weight is 462 g/mol. The molecule has 0 atom stereocenters. The summed E-state index contributed by atoms with van der Waals surface area (Å²) in [4.78, 5) is 12.3. The molecule has 0 bridgehead atoms. The van der Waals surface area contributed by atoms with Gasteiger partial charge >= 0.3 is 0 Å². The molecule has 0 aliphatic rings. The SMILES string of the molecule is COc1ccc(/C=C/C(=O)c2nn(C)cc2Cl)cc1COc1cccc(Br)c1. The highest BCUT2D eigenvalue weighted by Gasteiger charge is 2.12. The fraction of sp³-hybridized carbons (Fsp3) is 0.143. The molecule has 0 radical (unpaired) electrons. The molecule has 144 valence electrons. The lowest BCUT2D eigenvalue weighted by molar-refractivity contribution is 0.104. The number of ketones is 1. The molecular weight excluding hydrogens is 444 g/mol. The molecule has 0 unspecified atom stereocenters. The van der Waals surface area contributed by atoms with Gasteiger partial charge in [-0.3, -0.25) is 9.48 Å². The van der Waals surface area contributed by atoms with E-state index >= 15 is 0 Å². The normalized spacial score (nSPS) is 11.0. The molecule has 0 saturated heterocycles. The summed E-state index contributed by atoms with van der Waals surface area (Å²) in [6.07, 6.45) is 4.76. The molecule has 5 nitrogen and oxygen atoms in total. The molecule has 0 fully saturated rings. The minimum Gasteiger partial charge on any atom is -0.496 e. The first-order valence-corrected chi connectivity index (χ1v) is 9.60. The predicted molar refractivity (Wildman–Crippen MR) is 113 cm³/mol. The summed E-state index contributed by atoms with van der Waals surface area (Å²) in [5, 5.41) is 4.41. The van der Waals surface area contributed by atoms with Crippen LogP contribution in [0.1, 0.15) is 21.6 Å². The van der Waals surface area contributed by atoms with Crippen LogP contribution in [0.5, 0.6) is 11.5 Å². The van der Waals surface area contributed by atoms with Gasteiger partial charge in [0.2, 0.25) is 5.78 Å². The van der Waals surface area contributed by atoms with Crippen LogP contribution in [0.15, 0.2) is 59.2 Å². The van der Waals surface area contributed by atoms with Crippen molar-refractivity contribution in [1.29, 1.82) is 0 Å². The van der Waals surface area contributed by atoms with Crippen molar-refractivity contribution in [3.63, 3.8) is 0 Å². The number of hydrogen-bond acceptors (Lipinski definition) is 4. The number of methoxy groups -OCH3 is 1. The van der Waals surface area contributed by atoms with Gasteiger partial charge in [-0.25, -0.2) is 0 Å². The Morgan fingerprint density at radius 2 is 2.11 bits per heavy atom. The van der Waals surface area contributed by atoms with Crippen molar-refractivity contribution in [1.82, 2.24) is 9.78 Å². The first-order chi connectivity index (χ1) is 13.5. The minimum atomic E-state index is -0.256. The van der Waals surface area contributed by atoms with Gasteiger partial charge in [0, 0.05) is 23.3 Å². The Labute approximate surface area is 176 Å². The van der Waals surface area contributed by atoms with Crippen molar-refractivity contribution in [3.05, 3.63) is 81.1 Å². The number of rotatable bonds is 7. The highest BCUT2D eigenvalue weighted by atomic mass is 79.9. The summed E-state index contributed by atoms with van der Waals surface area (Å²) in [7, 11) is 3.33. The standard InChI is InChI=1S/C21H18BrClN2O3/c1-25-12-18(23)21(24-25)19(26)8-6-14-7-9-20(27-2)15(10-14)13-28-17-5-3-4-16(22)11-17/h3-12H,13H2,1-2H3/b8-6+. The Morgan fingerprint density at radius 1 is 1.29 bits per heavy atom. The first kappa shape index (κ1) is 20.2. The lowest BCUT2D eigenvalue weighted by Crippen LogP contribution is -2.00. The van der Waals surface area contributed by atoms with Gasteiger partial charge in [-0.15, -0.1) is 0 Å². The molecular formula is C21H18BrClN2O3. The van der Waals surface area contributed by atoms with Crippen LogP contribution in [0.4, 0.5) is 0 Å². The van der Waals surface area contributed by atoms with Crippen LogP contribution in [0.3, 0.4) is 0 Å². The molecule has 7 heteroatoms. The van der Waals surface area contributed by atoms with E-state index in [1.165, 1.54) is 10.8 Å². The largest absolute Gasteiger partial charge is 0.496 e. The van der Waals surface area contributed by atoms with E-state index in [4.69, 9.17) is 21.1 Å². The smallest absolute Gasteiger partial charge is 0.207 e. The van der Waals surface area contributed by atoms with Crippen molar-refractivity contribution in [3.8, 4) is 11.5 Å². The van der Waals surface area contributed by atoms with Crippen molar-refractivity contribution in [2.24, 2.45) is 7.05 Å². The van der Waals surface area contributed by atoms with Crippen molar-refractivity contribution in [2.45, 2.75) is 6.61 Å². The highest BCUT2D eigenvalue weighted by molar-refractivity contribution is 9.10. The molecule has 0 amide bonds. The molecule has 1 heterocycles. The molecule has 3 aromatic rings. The molecule has 3 rings (SSSR count). The first-order valence-electron chi connectivity index (χ1n) is 8.43. The Morgan fingerprint density at radius 3 is 2.79 bits per heavy atom. The molecule has 0 saturated carbocycles. The Bertz CT molecular complexity index is 1030. The summed E-state index contributed by atoms with van der Waals surface area (Å²) < 4.78 is 13.7. The molecule has 28 heavy (non-hydrogen) atoms. The fourth-order valence-electron chi connectivity index (χ4n) is 2.61. The lowest BCUT2D eigenvalue weighted by atomic mass is 10.1. The third kappa shape index (κ3) is 5.03. The van der Waals surface area contributed by atoms with Gasteiger partial charge in [-0.2, -0.15) is 5.10 Å². The van der Waals surface area contributed by atoms with Crippen LogP contribution in [0, 0.1) is 0 Å².